The summed E-state index contributed by atoms with van der Waals surface area (Å²) in [4.78, 5) is 25.1. The number of hydrogen-bond donors (Lipinski definition) is 3. The Morgan fingerprint density at radius 2 is 2.12 bits per heavy atom. The van der Waals surface area contributed by atoms with Crippen molar-refractivity contribution in [3.05, 3.63) is 34.2 Å². The third kappa shape index (κ3) is 2.94. The smallest absolute Gasteiger partial charge is 0.253 e. The predicted molar refractivity (Wildman–Crippen MR) is 62.8 cm³/mol. The van der Waals surface area contributed by atoms with E-state index < -0.39 is 6.10 Å². The van der Waals surface area contributed by atoms with E-state index in [1.165, 1.54) is 18.3 Å². The van der Waals surface area contributed by atoms with Crippen LogP contribution in [0.2, 0.25) is 0 Å². The molecule has 0 aliphatic heterocycles. The minimum atomic E-state index is -0.463. The van der Waals surface area contributed by atoms with Gasteiger partial charge in [0.1, 0.15) is 0 Å². The van der Waals surface area contributed by atoms with Crippen LogP contribution < -0.4 is 10.9 Å². The number of pyridine rings is 1. The van der Waals surface area contributed by atoms with Crippen LogP contribution in [-0.4, -0.2) is 28.1 Å². The van der Waals surface area contributed by atoms with Crippen molar-refractivity contribution in [1.82, 2.24) is 10.3 Å². The first kappa shape index (κ1) is 11.9. The lowest BCUT2D eigenvalue weighted by molar-refractivity contribution is 0.0717. The standard InChI is InChI=1S/C12H16N2O3/c15-10-4-2-1-3-9(10)14-12(17)8-5-6-11(16)13-7-8/h5-7,9-10,15H,1-4H2,(H,13,16)(H,14,17)/t9-,10-/m1/s1. The number of hydrogen-bond acceptors (Lipinski definition) is 3. The van der Waals surface area contributed by atoms with E-state index in [-0.39, 0.29) is 17.5 Å². The minimum absolute atomic E-state index is 0.178. The van der Waals surface area contributed by atoms with Gasteiger partial charge in [-0.05, 0) is 18.9 Å². The van der Waals surface area contributed by atoms with Gasteiger partial charge in [-0.1, -0.05) is 12.8 Å². The Hall–Kier alpha value is -1.62. The van der Waals surface area contributed by atoms with Crippen molar-refractivity contribution >= 4 is 5.91 Å². The number of aliphatic hydroxyl groups is 1. The van der Waals surface area contributed by atoms with E-state index in [0.717, 1.165) is 25.7 Å². The first-order valence-corrected chi connectivity index (χ1v) is 5.84. The Bertz CT molecular complexity index is 435. The van der Waals surface area contributed by atoms with Gasteiger partial charge >= 0.3 is 0 Å². The van der Waals surface area contributed by atoms with E-state index >= 15 is 0 Å². The number of amides is 1. The molecule has 1 fully saturated rings. The van der Waals surface area contributed by atoms with Crippen LogP contribution in [0.3, 0.4) is 0 Å². The van der Waals surface area contributed by atoms with Gasteiger partial charge in [0, 0.05) is 12.3 Å². The fraction of sp³-hybridized carbons (Fsp3) is 0.500. The molecule has 1 saturated carbocycles. The highest BCUT2D eigenvalue weighted by molar-refractivity contribution is 5.94. The second-order valence-electron chi connectivity index (χ2n) is 4.37. The summed E-state index contributed by atoms with van der Waals surface area (Å²) in [6.07, 6.45) is 4.48. The largest absolute Gasteiger partial charge is 0.391 e. The Kier molecular flexibility index (Phi) is 3.58. The van der Waals surface area contributed by atoms with Crippen LogP contribution in [-0.2, 0) is 0 Å². The SMILES string of the molecule is O=C(N[C@@H]1CCCC[C@H]1O)c1ccc(=O)[nH]c1. The number of H-pyrrole nitrogens is 1. The van der Waals surface area contributed by atoms with Crippen molar-refractivity contribution in [3.63, 3.8) is 0 Å². The van der Waals surface area contributed by atoms with Crippen molar-refractivity contribution < 1.29 is 9.90 Å². The zero-order valence-electron chi connectivity index (χ0n) is 9.48. The Morgan fingerprint density at radius 1 is 1.35 bits per heavy atom. The maximum absolute atomic E-state index is 11.8. The van der Waals surface area contributed by atoms with Crippen LogP contribution >= 0.6 is 0 Å². The summed E-state index contributed by atoms with van der Waals surface area (Å²) in [5.74, 6) is -0.257. The third-order valence-corrected chi connectivity index (χ3v) is 3.09. The Morgan fingerprint density at radius 3 is 2.76 bits per heavy atom. The summed E-state index contributed by atoms with van der Waals surface area (Å²) in [5.41, 5.74) is 0.168. The maximum atomic E-state index is 11.8. The summed E-state index contributed by atoms with van der Waals surface area (Å²) in [6, 6.07) is 2.61. The normalized spacial score (nSPS) is 24.3. The van der Waals surface area contributed by atoms with Gasteiger partial charge < -0.3 is 15.4 Å². The molecule has 1 aliphatic rings. The molecule has 2 rings (SSSR count). The monoisotopic (exact) mass is 236 g/mol. The molecule has 5 nitrogen and oxygen atoms in total. The van der Waals surface area contributed by atoms with Crippen molar-refractivity contribution in [2.45, 2.75) is 37.8 Å². The molecule has 5 heteroatoms. The zero-order chi connectivity index (χ0) is 12.3. The van der Waals surface area contributed by atoms with Crippen molar-refractivity contribution in [2.24, 2.45) is 0 Å². The predicted octanol–water partition coefficient (Wildman–Crippen LogP) is 0.408. The molecule has 0 bridgehead atoms. The van der Waals surface area contributed by atoms with Gasteiger partial charge in [0.2, 0.25) is 5.56 Å². The van der Waals surface area contributed by atoms with Gasteiger partial charge in [-0.3, -0.25) is 9.59 Å². The zero-order valence-corrected chi connectivity index (χ0v) is 9.48. The average molecular weight is 236 g/mol. The fourth-order valence-corrected chi connectivity index (χ4v) is 2.08. The first-order valence-electron chi connectivity index (χ1n) is 5.84. The number of carbonyl (C=O) groups excluding carboxylic acids is 1. The molecule has 3 N–H and O–H groups in total. The van der Waals surface area contributed by atoms with E-state index in [0.29, 0.717) is 5.56 Å². The van der Waals surface area contributed by atoms with E-state index in [9.17, 15) is 14.7 Å². The number of rotatable bonds is 2. The van der Waals surface area contributed by atoms with Gasteiger partial charge in [0.25, 0.3) is 5.91 Å². The van der Waals surface area contributed by atoms with Crippen LogP contribution in [0.4, 0.5) is 0 Å². The fourth-order valence-electron chi connectivity index (χ4n) is 2.08. The lowest BCUT2D eigenvalue weighted by Gasteiger charge is -2.28. The molecule has 92 valence electrons. The number of carbonyl (C=O) groups is 1. The lowest BCUT2D eigenvalue weighted by Crippen LogP contribution is -2.45. The molecule has 17 heavy (non-hydrogen) atoms. The van der Waals surface area contributed by atoms with Crippen molar-refractivity contribution in [1.29, 1.82) is 0 Å². The Balaban J connectivity index is 2.01. The van der Waals surface area contributed by atoms with Crippen molar-refractivity contribution in [2.75, 3.05) is 0 Å². The number of aliphatic hydroxyl groups excluding tert-OH is 1. The van der Waals surface area contributed by atoms with Crippen LogP contribution in [0.5, 0.6) is 0 Å². The molecule has 0 saturated heterocycles. The van der Waals surface area contributed by atoms with Crippen LogP contribution in [0.15, 0.2) is 23.1 Å². The minimum Gasteiger partial charge on any atom is -0.391 e. The molecule has 1 aromatic rings. The van der Waals surface area contributed by atoms with Gasteiger partial charge in [-0.2, -0.15) is 0 Å². The highest BCUT2D eigenvalue weighted by Gasteiger charge is 2.24. The van der Waals surface area contributed by atoms with Crippen LogP contribution in [0.25, 0.3) is 0 Å². The van der Waals surface area contributed by atoms with E-state index in [2.05, 4.69) is 10.3 Å². The molecule has 0 aromatic carbocycles. The second-order valence-corrected chi connectivity index (χ2v) is 4.37. The van der Waals surface area contributed by atoms with Gasteiger partial charge in [-0.15, -0.1) is 0 Å². The summed E-state index contributed by atoms with van der Waals surface area (Å²) in [6.45, 7) is 0. The van der Waals surface area contributed by atoms with Gasteiger partial charge in [0.05, 0.1) is 17.7 Å². The summed E-state index contributed by atoms with van der Waals surface area (Å²) >= 11 is 0. The van der Waals surface area contributed by atoms with E-state index in [1.54, 1.807) is 0 Å². The van der Waals surface area contributed by atoms with E-state index in [1.807, 2.05) is 0 Å². The molecule has 1 heterocycles. The quantitative estimate of drug-likeness (QED) is 0.695. The maximum Gasteiger partial charge on any atom is 0.253 e. The van der Waals surface area contributed by atoms with Crippen LogP contribution in [0, 0.1) is 0 Å². The van der Waals surface area contributed by atoms with Gasteiger partial charge in [0.15, 0.2) is 0 Å². The molecule has 1 amide bonds. The molecular weight excluding hydrogens is 220 g/mol. The highest BCUT2D eigenvalue weighted by atomic mass is 16.3. The molecular formula is C12H16N2O3. The molecule has 0 radical (unpaired) electrons. The van der Waals surface area contributed by atoms with Crippen LogP contribution in [0.1, 0.15) is 36.0 Å². The summed E-state index contributed by atoms with van der Waals surface area (Å²) in [7, 11) is 0. The lowest BCUT2D eigenvalue weighted by atomic mass is 9.92. The first-order chi connectivity index (χ1) is 8.16. The van der Waals surface area contributed by atoms with E-state index in [4.69, 9.17) is 0 Å². The highest BCUT2D eigenvalue weighted by Crippen LogP contribution is 2.18. The number of nitrogens with one attached hydrogen (secondary N) is 2. The summed E-state index contributed by atoms with van der Waals surface area (Å²) < 4.78 is 0. The molecule has 0 spiro atoms. The molecule has 2 atom stereocenters. The summed E-state index contributed by atoms with van der Waals surface area (Å²) in [5, 5.41) is 12.5. The molecule has 1 aliphatic carbocycles. The number of aromatic amines is 1. The third-order valence-electron chi connectivity index (χ3n) is 3.09. The number of aromatic nitrogens is 1. The molecule has 1 aromatic heterocycles. The average Bonchev–Trinajstić information content (AvgIpc) is 2.33. The molecule has 0 unspecified atom stereocenters. The van der Waals surface area contributed by atoms with Gasteiger partial charge in [-0.25, -0.2) is 0 Å². The van der Waals surface area contributed by atoms with Crippen molar-refractivity contribution in [3.8, 4) is 0 Å². The second kappa shape index (κ2) is 5.14. The Labute approximate surface area is 98.9 Å². The topological polar surface area (TPSA) is 82.2 Å².